The van der Waals surface area contributed by atoms with Crippen LogP contribution in [0.5, 0.6) is 0 Å². The summed E-state index contributed by atoms with van der Waals surface area (Å²) in [5, 5.41) is 10.8. The number of nitrogens with one attached hydrogen (secondary N) is 2. The minimum atomic E-state index is -4.54. The van der Waals surface area contributed by atoms with Crippen molar-refractivity contribution in [2.45, 2.75) is 50.9 Å². The smallest absolute Gasteiger partial charge is 0.367 e. The molecule has 3 aromatic heterocycles. The van der Waals surface area contributed by atoms with Gasteiger partial charge in [0, 0.05) is 23.2 Å². The van der Waals surface area contributed by atoms with E-state index >= 15 is 0 Å². The topological polar surface area (TPSA) is 75.6 Å². The molecule has 1 fully saturated rings. The zero-order valence-electron chi connectivity index (χ0n) is 17.2. The lowest BCUT2D eigenvalue weighted by atomic mass is 9.95. The lowest BCUT2D eigenvalue weighted by Gasteiger charge is -2.24. The number of anilines is 1. The molecular weight excluding hydrogens is 419 g/mol. The van der Waals surface area contributed by atoms with E-state index in [-0.39, 0.29) is 10.9 Å². The molecule has 0 bridgehead atoms. The third-order valence-corrected chi connectivity index (χ3v) is 6.07. The van der Waals surface area contributed by atoms with Gasteiger partial charge in [-0.15, -0.1) is 0 Å². The van der Waals surface area contributed by atoms with Crippen molar-refractivity contribution in [1.29, 1.82) is 0 Å². The molecule has 2 N–H and O–H groups in total. The van der Waals surface area contributed by atoms with Gasteiger partial charge in [0.2, 0.25) is 0 Å². The van der Waals surface area contributed by atoms with E-state index in [1.807, 2.05) is 12.1 Å². The van der Waals surface area contributed by atoms with E-state index in [0.717, 1.165) is 23.0 Å². The number of aromatic amines is 1. The molecule has 6 nitrogen and oxygen atoms in total. The first-order valence-electron chi connectivity index (χ1n) is 10.7. The van der Waals surface area contributed by atoms with Crippen molar-refractivity contribution in [3.8, 4) is 11.1 Å². The van der Waals surface area contributed by atoms with Gasteiger partial charge < -0.3 is 5.32 Å². The molecule has 0 saturated heterocycles. The number of pyridine rings is 2. The number of halogens is 3. The number of hydrogen-bond acceptors (Lipinski definition) is 4. The Morgan fingerprint density at radius 1 is 1.12 bits per heavy atom. The molecule has 0 radical (unpaired) electrons. The third kappa shape index (κ3) is 3.83. The van der Waals surface area contributed by atoms with Crippen molar-refractivity contribution in [3.05, 3.63) is 53.1 Å². The third-order valence-electron chi connectivity index (χ3n) is 6.07. The first-order valence-corrected chi connectivity index (χ1v) is 10.7. The number of alkyl halides is 3. The van der Waals surface area contributed by atoms with Gasteiger partial charge in [0.1, 0.15) is 12.4 Å². The van der Waals surface area contributed by atoms with E-state index in [2.05, 4.69) is 20.5 Å². The second-order valence-corrected chi connectivity index (χ2v) is 8.28. The Kier molecular flexibility index (Phi) is 5.11. The summed E-state index contributed by atoms with van der Waals surface area (Å²) in [6, 6.07) is 9.22. The Morgan fingerprint density at radius 2 is 1.94 bits per heavy atom. The van der Waals surface area contributed by atoms with Gasteiger partial charge in [0.15, 0.2) is 0 Å². The number of hydrogen-bond donors (Lipinski definition) is 2. The summed E-state index contributed by atoms with van der Waals surface area (Å²) in [4.78, 5) is 17.3. The van der Waals surface area contributed by atoms with Crippen molar-refractivity contribution in [3.63, 3.8) is 0 Å². The predicted molar refractivity (Wildman–Crippen MR) is 118 cm³/mol. The van der Waals surface area contributed by atoms with Crippen molar-refractivity contribution >= 4 is 27.6 Å². The molecule has 0 atom stereocenters. The Balaban J connectivity index is 1.66. The zero-order valence-corrected chi connectivity index (χ0v) is 17.2. The van der Waals surface area contributed by atoms with Crippen LogP contribution in [-0.2, 0) is 6.54 Å². The molecule has 32 heavy (non-hydrogen) atoms. The van der Waals surface area contributed by atoms with Gasteiger partial charge in [-0.1, -0.05) is 31.4 Å². The van der Waals surface area contributed by atoms with E-state index in [0.29, 0.717) is 28.3 Å². The molecule has 0 spiro atoms. The summed E-state index contributed by atoms with van der Waals surface area (Å²) >= 11 is 0. The van der Waals surface area contributed by atoms with E-state index < -0.39 is 18.3 Å². The number of benzene rings is 1. The van der Waals surface area contributed by atoms with E-state index in [4.69, 9.17) is 0 Å². The quantitative estimate of drug-likeness (QED) is 0.454. The predicted octanol–water partition coefficient (Wildman–Crippen LogP) is 5.25. The Labute approximate surface area is 181 Å². The van der Waals surface area contributed by atoms with E-state index in [1.54, 1.807) is 24.4 Å². The summed E-state index contributed by atoms with van der Waals surface area (Å²) in [5.74, 6) is 0.700. The van der Waals surface area contributed by atoms with E-state index in [9.17, 15) is 18.0 Å². The second-order valence-electron chi connectivity index (χ2n) is 8.28. The van der Waals surface area contributed by atoms with Gasteiger partial charge in [-0.3, -0.25) is 14.5 Å². The SMILES string of the molecule is O=c1c2cn[nH]c2c2ccc(-c3cccnc3NC3CCCCC3)cc2n1CC(F)(F)F. The van der Waals surface area contributed by atoms with Crippen LogP contribution in [0, 0.1) is 0 Å². The summed E-state index contributed by atoms with van der Waals surface area (Å²) in [6.45, 7) is -1.37. The largest absolute Gasteiger partial charge is 0.406 e. The molecule has 9 heteroatoms. The lowest BCUT2D eigenvalue weighted by Crippen LogP contribution is -2.28. The minimum Gasteiger partial charge on any atom is -0.367 e. The molecule has 1 saturated carbocycles. The highest BCUT2D eigenvalue weighted by molar-refractivity contribution is 6.04. The monoisotopic (exact) mass is 441 g/mol. The van der Waals surface area contributed by atoms with E-state index in [1.165, 1.54) is 25.5 Å². The number of rotatable bonds is 4. The number of fused-ring (bicyclic) bond motifs is 3. The molecule has 1 aliphatic rings. The maximum absolute atomic E-state index is 13.3. The Morgan fingerprint density at radius 3 is 2.72 bits per heavy atom. The molecular formula is C23H22F3N5O. The number of nitrogens with zero attached hydrogens (tertiary/aromatic N) is 3. The van der Waals surface area contributed by atoms with Crippen molar-refractivity contribution in [2.75, 3.05) is 5.32 Å². The fraction of sp³-hybridized carbons (Fsp3) is 0.348. The summed E-state index contributed by atoms with van der Waals surface area (Å²) < 4.78 is 40.7. The maximum atomic E-state index is 13.3. The molecule has 5 rings (SSSR count). The normalized spacial score (nSPS) is 15.5. The molecule has 0 aliphatic heterocycles. The maximum Gasteiger partial charge on any atom is 0.406 e. The fourth-order valence-electron chi connectivity index (χ4n) is 4.57. The van der Waals surface area contributed by atoms with Crippen LogP contribution < -0.4 is 10.9 Å². The van der Waals surface area contributed by atoms with Gasteiger partial charge in [-0.05, 0) is 36.6 Å². The average molecular weight is 441 g/mol. The highest BCUT2D eigenvalue weighted by atomic mass is 19.4. The average Bonchev–Trinajstić information content (AvgIpc) is 3.27. The van der Waals surface area contributed by atoms with Gasteiger partial charge in [-0.25, -0.2) is 4.98 Å². The van der Waals surface area contributed by atoms with Crippen molar-refractivity contribution in [1.82, 2.24) is 19.7 Å². The standard InChI is InChI=1S/C23H22F3N5O/c24-23(25,26)13-31-19-11-14(8-9-17(19)20-18(22(31)32)12-28-30-20)16-7-4-10-27-21(16)29-15-5-2-1-3-6-15/h4,7-12,15H,1-3,5-6,13H2,(H,27,29)(H,28,30). The summed E-state index contributed by atoms with van der Waals surface area (Å²) in [6.07, 6.45) is 4.13. The van der Waals surface area contributed by atoms with Crippen LogP contribution in [0.1, 0.15) is 32.1 Å². The summed E-state index contributed by atoms with van der Waals surface area (Å²) in [7, 11) is 0. The first-order chi connectivity index (χ1) is 15.4. The van der Waals surface area contributed by atoms with Crippen LogP contribution in [0.2, 0.25) is 0 Å². The highest BCUT2D eigenvalue weighted by Crippen LogP contribution is 2.33. The number of aromatic nitrogens is 4. The molecule has 1 aromatic carbocycles. The van der Waals surface area contributed by atoms with Crippen molar-refractivity contribution in [2.24, 2.45) is 0 Å². The summed E-state index contributed by atoms with van der Waals surface area (Å²) in [5.41, 5.74) is 1.40. The van der Waals surface area contributed by atoms with Gasteiger partial charge in [0.05, 0.1) is 22.6 Å². The first kappa shape index (κ1) is 20.5. The van der Waals surface area contributed by atoms with Gasteiger partial charge >= 0.3 is 6.18 Å². The highest BCUT2D eigenvalue weighted by Gasteiger charge is 2.30. The minimum absolute atomic E-state index is 0.135. The van der Waals surface area contributed by atoms with Gasteiger partial charge in [0.25, 0.3) is 5.56 Å². The van der Waals surface area contributed by atoms with Crippen LogP contribution in [-0.4, -0.2) is 32.0 Å². The zero-order chi connectivity index (χ0) is 22.3. The molecule has 4 aromatic rings. The molecule has 1 aliphatic carbocycles. The van der Waals surface area contributed by atoms with Crippen LogP contribution in [0.25, 0.3) is 32.9 Å². The second kappa shape index (κ2) is 7.96. The van der Waals surface area contributed by atoms with Crippen LogP contribution in [0.4, 0.5) is 19.0 Å². The molecule has 0 unspecified atom stereocenters. The van der Waals surface area contributed by atoms with Crippen LogP contribution >= 0.6 is 0 Å². The molecule has 0 amide bonds. The van der Waals surface area contributed by atoms with Crippen molar-refractivity contribution < 1.29 is 13.2 Å². The lowest BCUT2D eigenvalue weighted by molar-refractivity contribution is -0.140. The molecule has 3 heterocycles. The number of H-pyrrole nitrogens is 1. The van der Waals surface area contributed by atoms with Crippen LogP contribution in [0.15, 0.2) is 47.5 Å². The fourth-order valence-corrected chi connectivity index (χ4v) is 4.57. The molecule has 166 valence electrons. The Bertz CT molecular complexity index is 1340. The Hall–Kier alpha value is -3.36. The van der Waals surface area contributed by atoms with Crippen LogP contribution in [0.3, 0.4) is 0 Å². The van der Waals surface area contributed by atoms with Gasteiger partial charge in [-0.2, -0.15) is 18.3 Å².